The fourth-order valence-electron chi connectivity index (χ4n) is 1.32. The number of carbonyl (C=O) groups excluding carboxylic acids is 2. The summed E-state index contributed by atoms with van der Waals surface area (Å²) in [5.74, 6) is -0.310. The molecule has 0 spiro atoms. The molecule has 6 nitrogen and oxygen atoms in total. The second-order valence-corrected chi connectivity index (χ2v) is 4.00. The third-order valence-corrected chi connectivity index (χ3v) is 2.62. The van der Waals surface area contributed by atoms with Crippen molar-refractivity contribution in [1.82, 2.24) is 10.2 Å². The van der Waals surface area contributed by atoms with Crippen LogP contribution in [0.3, 0.4) is 0 Å². The lowest BCUT2D eigenvalue weighted by molar-refractivity contribution is -0.144. The van der Waals surface area contributed by atoms with E-state index in [0.29, 0.717) is 32.7 Å². The molecule has 0 heterocycles. The van der Waals surface area contributed by atoms with Crippen molar-refractivity contribution in [2.45, 2.75) is 26.3 Å². The fraction of sp³-hybridized carbons (Fsp3) is 0.833. The number of hydrogen-bond donors (Lipinski definition) is 1. The van der Waals surface area contributed by atoms with E-state index in [4.69, 9.17) is 9.47 Å². The number of likely N-dealkylation sites (N-methyl/N-ethyl adjacent to an activating group) is 1. The Bertz CT molecular complexity index is 258. The van der Waals surface area contributed by atoms with Crippen LogP contribution >= 0.6 is 0 Å². The highest BCUT2D eigenvalue weighted by atomic mass is 16.5. The summed E-state index contributed by atoms with van der Waals surface area (Å²) < 4.78 is 9.68. The van der Waals surface area contributed by atoms with Crippen molar-refractivity contribution in [1.29, 1.82) is 0 Å². The van der Waals surface area contributed by atoms with Gasteiger partial charge in [-0.05, 0) is 20.9 Å². The van der Waals surface area contributed by atoms with Crippen LogP contribution in [0.2, 0.25) is 0 Å². The smallest absolute Gasteiger partial charge is 0.307 e. The molecule has 1 amide bonds. The van der Waals surface area contributed by atoms with Crippen LogP contribution in [0.25, 0.3) is 0 Å². The van der Waals surface area contributed by atoms with Crippen molar-refractivity contribution in [3.05, 3.63) is 0 Å². The van der Waals surface area contributed by atoms with Gasteiger partial charge in [-0.1, -0.05) is 0 Å². The van der Waals surface area contributed by atoms with Crippen LogP contribution in [-0.2, 0) is 19.1 Å². The van der Waals surface area contributed by atoms with E-state index in [1.54, 1.807) is 28.0 Å². The molecule has 0 bridgehead atoms. The molecule has 18 heavy (non-hydrogen) atoms. The molecule has 0 aromatic heterocycles. The van der Waals surface area contributed by atoms with E-state index in [1.165, 1.54) is 0 Å². The Balaban J connectivity index is 3.90. The molecule has 0 rings (SSSR count). The predicted molar refractivity (Wildman–Crippen MR) is 68.2 cm³/mol. The van der Waals surface area contributed by atoms with Crippen molar-refractivity contribution in [2.24, 2.45) is 0 Å². The molecule has 0 aliphatic heterocycles. The highest BCUT2D eigenvalue weighted by Crippen LogP contribution is 1.98. The molecule has 106 valence electrons. The Morgan fingerprint density at radius 3 is 2.61 bits per heavy atom. The van der Waals surface area contributed by atoms with Gasteiger partial charge in [-0.25, -0.2) is 0 Å². The molecule has 1 atom stereocenters. The Hall–Kier alpha value is -1.14. The van der Waals surface area contributed by atoms with Gasteiger partial charge in [0.25, 0.3) is 0 Å². The van der Waals surface area contributed by atoms with Gasteiger partial charge in [-0.2, -0.15) is 0 Å². The Morgan fingerprint density at radius 1 is 1.39 bits per heavy atom. The summed E-state index contributed by atoms with van der Waals surface area (Å²) in [7, 11) is 3.39. The topological polar surface area (TPSA) is 67.9 Å². The van der Waals surface area contributed by atoms with Gasteiger partial charge in [0.05, 0.1) is 25.7 Å². The van der Waals surface area contributed by atoms with Crippen LogP contribution in [0.4, 0.5) is 0 Å². The molecule has 0 saturated carbocycles. The molecule has 0 radical (unpaired) electrons. The van der Waals surface area contributed by atoms with Crippen molar-refractivity contribution in [2.75, 3.05) is 40.5 Å². The Kier molecular flexibility index (Phi) is 9.22. The quantitative estimate of drug-likeness (QED) is 0.468. The molecule has 0 saturated heterocycles. The van der Waals surface area contributed by atoms with E-state index in [2.05, 4.69) is 5.32 Å². The number of nitrogens with one attached hydrogen (secondary N) is 1. The van der Waals surface area contributed by atoms with Crippen LogP contribution in [0.5, 0.6) is 0 Å². The van der Waals surface area contributed by atoms with Crippen LogP contribution < -0.4 is 5.32 Å². The predicted octanol–water partition coefficient (Wildman–Crippen LogP) is 0.0225. The normalized spacial score (nSPS) is 12.3. The number of ether oxygens (including phenoxy) is 2. The van der Waals surface area contributed by atoms with Gasteiger partial charge in [0, 0.05) is 20.2 Å². The van der Waals surface area contributed by atoms with E-state index in [9.17, 15) is 9.59 Å². The number of nitrogens with zero attached hydrogens (tertiary/aromatic N) is 1. The van der Waals surface area contributed by atoms with Crippen molar-refractivity contribution in [3.8, 4) is 0 Å². The molecule has 0 aliphatic rings. The minimum Gasteiger partial charge on any atom is -0.466 e. The summed E-state index contributed by atoms with van der Waals surface area (Å²) in [4.78, 5) is 24.7. The van der Waals surface area contributed by atoms with Crippen molar-refractivity contribution >= 4 is 11.9 Å². The van der Waals surface area contributed by atoms with Gasteiger partial charge in [-0.3, -0.25) is 14.5 Å². The molecule has 1 unspecified atom stereocenters. The molecule has 0 aromatic rings. The lowest BCUT2D eigenvalue weighted by atomic mass is 10.2. The largest absolute Gasteiger partial charge is 0.466 e. The number of rotatable bonds is 9. The zero-order chi connectivity index (χ0) is 14.0. The Morgan fingerprint density at radius 2 is 2.06 bits per heavy atom. The van der Waals surface area contributed by atoms with Crippen LogP contribution in [-0.4, -0.2) is 63.3 Å². The third kappa shape index (κ3) is 7.24. The number of esters is 1. The third-order valence-electron chi connectivity index (χ3n) is 2.62. The lowest BCUT2D eigenvalue weighted by Crippen LogP contribution is -2.44. The highest BCUT2D eigenvalue weighted by molar-refractivity contribution is 5.81. The van der Waals surface area contributed by atoms with Crippen LogP contribution in [0.15, 0.2) is 0 Å². The first-order valence-electron chi connectivity index (χ1n) is 6.15. The average Bonchev–Trinajstić information content (AvgIpc) is 2.35. The number of carbonyl (C=O) groups is 2. The molecule has 0 aliphatic carbocycles. The maximum Gasteiger partial charge on any atom is 0.307 e. The van der Waals surface area contributed by atoms with Gasteiger partial charge in [0.15, 0.2) is 0 Å². The summed E-state index contributed by atoms with van der Waals surface area (Å²) in [6.07, 6.45) is 0.292. The number of amides is 1. The van der Waals surface area contributed by atoms with Crippen molar-refractivity contribution < 1.29 is 19.1 Å². The van der Waals surface area contributed by atoms with E-state index >= 15 is 0 Å². The zero-order valence-corrected chi connectivity index (χ0v) is 11.7. The fourth-order valence-corrected chi connectivity index (χ4v) is 1.32. The minimum atomic E-state index is -0.281. The van der Waals surface area contributed by atoms with Crippen LogP contribution in [0, 0.1) is 0 Å². The van der Waals surface area contributed by atoms with E-state index in [-0.39, 0.29) is 17.9 Å². The standard InChI is InChI=1S/C12H24N2O4/c1-5-18-11(15)6-8-14(3)10(2)12(16)13-7-9-17-4/h10H,5-9H2,1-4H3,(H,13,16). The first-order valence-corrected chi connectivity index (χ1v) is 6.15. The van der Waals surface area contributed by atoms with Gasteiger partial charge >= 0.3 is 5.97 Å². The van der Waals surface area contributed by atoms with Gasteiger partial charge in [0.2, 0.25) is 5.91 Å². The molecule has 1 N–H and O–H groups in total. The monoisotopic (exact) mass is 260 g/mol. The molecule has 0 fully saturated rings. The molecule has 0 aromatic carbocycles. The second kappa shape index (κ2) is 9.85. The van der Waals surface area contributed by atoms with Gasteiger partial charge < -0.3 is 14.8 Å². The molecular weight excluding hydrogens is 236 g/mol. The summed E-state index contributed by atoms with van der Waals surface area (Å²) in [6.45, 7) is 5.43. The average molecular weight is 260 g/mol. The van der Waals surface area contributed by atoms with Gasteiger partial charge in [0.1, 0.15) is 0 Å². The highest BCUT2D eigenvalue weighted by Gasteiger charge is 2.18. The first kappa shape index (κ1) is 16.9. The van der Waals surface area contributed by atoms with E-state index in [0.717, 1.165) is 0 Å². The number of methoxy groups -OCH3 is 1. The Labute approximate surface area is 109 Å². The second-order valence-electron chi connectivity index (χ2n) is 4.00. The summed E-state index contributed by atoms with van der Waals surface area (Å²) >= 11 is 0. The maximum atomic E-state index is 11.7. The summed E-state index contributed by atoms with van der Waals surface area (Å²) in [5, 5.41) is 2.76. The van der Waals surface area contributed by atoms with Crippen LogP contribution in [0.1, 0.15) is 20.3 Å². The lowest BCUT2D eigenvalue weighted by Gasteiger charge is -2.23. The first-order chi connectivity index (χ1) is 8.52. The van der Waals surface area contributed by atoms with E-state index in [1.807, 2.05) is 4.90 Å². The SMILES string of the molecule is CCOC(=O)CCN(C)C(C)C(=O)NCCOC. The molecule has 6 heteroatoms. The zero-order valence-electron chi connectivity index (χ0n) is 11.7. The summed E-state index contributed by atoms with van der Waals surface area (Å²) in [5.41, 5.74) is 0. The van der Waals surface area contributed by atoms with Gasteiger partial charge in [-0.15, -0.1) is 0 Å². The molecular formula is C12H24N2O4. The maximum absolute atomic E-state index is 11.7. The summed E-state index contributed by atoms with van der Waals surface area (Å²) in [6, 6.07) is -0.281. The minimum absolute atomic E-state index is 0.0709. The number of hydrogen-bond acceptors (Lipinski definition) is 5. The van der Waals surface area contributed by atoms with Crippen molar-refractivity contribution in [3.63, 3.8) is 0 Å². The van der Waals surface area contributed by atoms with E-state index < -0.39 is 0 Å².